The molecule has 13 heavy (non-hydrogen) atoms. The van der Waals surface area contributed by atoms with Crippen molar-refractivity contribution < 1.29 is 9.90 Å². The van der Waals surface area contributed by atoms with E-state index in [-0.39, 0.29) is 17.6 Å². The standard InChI is InChI=1S/C8H13N3O2/c1-3-6(12)5-10-8(9)11-7(13)4-2/h3,5,12H,4H2,1-2H3,(H2,9,11,13)/b6-3+,10-5-. The van der Waals surface area contributed by atoms with E-state index in [0.29, 0.717) is 6.42 Å². The predicted octanol–water partition coefficient (Wildman–Crippen LogP) is 0.980. The molecule has 0 aromatic carbocycles. The minimum Gasteiger partial charge on any atom is -0.507 e. The minimum absolute atomic E-state index is 0.0458. The number of aliphatic hydroxyl groups excluding tert-OH is 1. The largest absolute Gasteiger partial charge is 0.507 e. The van der Waals surface area contributed by atoms with Crippen molar-refractivity contribution in [3.63, 3.8) is 0 Å². The maximum Gasteiger partial charge on any atom is 0.226 e. The van der Waals surface area contributed by atoms with E-state index in [1.165, 1.54) is 6.08 Å². The fourth-order valence-electron chi connectivity index (χ4n) is 0.458. The number of aliphatic hydroxyl groups is 1. The lowest BCUT2D eigenvalue weighted by atomic mass is 10.4. The van der Waals surface area contributed by atoms with E-state index in [1.54, 1.807) is 13.8 Å². The molecule has 0 saturated heterocycles. The number of hydrogen-bond acceptors (Lipinski definition) is 3. The van der Waals surface area contributed by atoms with E-state index in [1.807, 2.05) is 0 Å². The Morgan fingerprint density at radius 1 is 1.69 bits per heavy atom. The van der Waals surface area contributed by atoms with Gasteiger partial charge in [-0.3, -0.25) is 15.5 Å². The third-order valence-corrected chi connectivity index (χ3v) is 1.20. The van der Waals surface area contributed by atoms with E-state index in [4.69, 9.17) is 10.5 Å². The Morgan fingerprint density at radius 3 is 2.77 bits per heavy atom. The maximum atomic E-state index is 10.7. The third kappa shape index (κ3) is 5.60. The molecule has 0 aliphatic heterocycles. The average Bonchev–Trinajstić information content (AvgIpc) is 2.13. The van der Waals surface area contributed by atoms with Gasteiger partial charge in [0.15, 0.2) is 0 Å². The van der Waals surface area contributed by atoms with E-state index in [2.05, 4.69) is 10.3 Å². The Bertz CT molecular complexity index is 256. The molecule has 3 N–H and O–H groups in total. The summed E-state index contributed by atoms with van der Waals surface area (Å²) < 4.78 is 0. The first-order valence-corrected chi connectivity index (χ1v) is 3.87. The molecule has 0 spiro atoms. The molecule has 0 aliphatic rings. The van der Waals surface area contributed by atoms with Crippen LogP contribution in [0.5, 0.6) is 0 Å². The monoisotopic (exact) mass is 183 g/mol. The van der Waals surface area contributed by atoms with Crippen molar-refractivity contribution in [1.82, 2.24) is 5.32 Å². The predicted molar refractivity (Wildman–Crippen MR) is 51.0 cm³/mol. The maximum absolute atomic E-state index is 10.7. The molecular weight excluding hydrogens is 170 g/mol. The van der Waals surface area contributed by atoms with Crippen LogP contribution >= 0.6 is 0 Å². The Kier molecular flexibility index (Phi) is 5.18. The molecule has 5 nitrogen and oxygen atoms in total. The zero-order valence-electron chi connectivity index (χ0n) is 7.66. The fraction of sp³-hybridized carbons (Fsp3) is 0.375. The summed E-state index contributed by atoms with van der Waals surface area (Å²) in [6.45, 7) is 3.31. The van der Waals surface area contributed by atoms with Crippen LogP contribution in [0.25, 0.3) is 0 Å². The van der Waals surface area contributed by atoms with Crippen molar-refractivity contribution in [3.05, 3.63) is 11.8 Å². The lowest BCUT2D eigenvalue weighted by molar-refractivity contribution is -0.119. The first-order chi connectivity index (χ1) is 6.10. The van der Waals surface area contributed by atoms with Crippen LogP contribution in [0.4, 0.5) is 0 Å². The number of nitrogens with zero attached hydrogens (tertiary/aromatic N) is 1. The molecule has 0 aliphatic carbocycles. The highest BCUT2D eigenvalue weighted by molar-refractivity contribution is 5.99. The highest BCUT2D eigenvalue weighted by Gasteiger charge is 1.98. The second-order valence-electron chi connectivity index (χ2n) is 2.22. The number of rotatable bonds is 2. The molecule has 72 valence electrons. The van der Waals surface area contributed by atoms with Crippen LogP contribution in [0.3, 0.4) is 0 Å². The molecule has 0 atom stereocenters. The molecule has 0 aromatic rings. The number of nitrogens with one attached hydrogen (secondary N) is 2. The van der Waals surface area contributed by atoms with Crippen molar-refractivity contribution in [3.8, 4) is 0 Å². The van der Waals surface area contributed by atoms with E-state index in [0.717, 1.165) is 6.21 Å². The Morgan fingerprint density at radius 2 is 2.31 bits per heavy atom. The number of guanidine groups is 1. The molecular formula is C8H13N3O2. The first-order valence-electron chi connectivity index (χ1n) is 3.87. The summed E-state index contributed by atoms with van der Waals surface area (Å²) in [7, 11) is 0. The number of carbonyl (C=O) groups is 1. The summed E-state index contributed by atoms with van der Waals surface area (Å²) in [4.78, 5) is 14.2. The zero-order valence-corrected chi connectivity index (χ0v) is 7.66. The van der Waals surface area contributed by atoms with Crippen LogP contribution < -0.4 is 5.32 Å². The average molecular weight is 183 g/mol. The summed E-state index contributed by atoms with van der Waals surface area (Å²) in [5, 5.41) is 18.2. The third-order valence-electron chi connectivity index (χ3n) is 1.20. The number of carbonyl (C=O) groups excluding carboxylic acids is 1. The van der Waals surface area contributed by atoms with Crippen LogP contribution in [-0.2, 0) is 4.79 Å². The van der Waals surface area contributed by atoms with Crippen molar-refractivity contribution in [2.24, 2.45) is 4.99 Å². The lowest BCUT2D eigenvalue weighted by Gasteiger charge is -1.98. The van der Waals surface area contributed by atoms with Crippen molar-refractivity contribution >= 4 is 18.1 Å². The van der Waals surface area contributed by atoms with Gasteiger partial charge in [0, 0.05) is 6.42 Å². The number of amides is 1. The van der Waals surface area contributed by atoms with Crippen LogP contribution in [0.2, 0.25) is 0 Å². The smallest absolute Gasteiger partial charge is 0.226 e. The molecule has 0 rings (SSSR count). The molecule has 1 amide bonds. The van der Waals surface area contributed by atoms with Gasteiger partial charge in [0.2, 0.25) is 11.9 Å². The molecule has 5 heteroatoms. The molecule has 0 heterocycles. The summed E-state index contributed by atoms with van der Waals surface area (Å²) in [6.07, 6.45) is 2.82. The van der Waals surface area contributed by atoms with Gasteiger partial charge in [-0.15, -0.1) is 0 Å². The Hall–Kier alpha value is -1.65. The molecule has 0 unspecified atom stereocenters. The molecule has 0 radical (unpaired) electrons. The van der Waals surface area contributed by atoms with E-state index >= 15 is 0 Å². The second kappa shape index (κ2) is 5.93. The fourth-order valence-corrected chi connectivity index (χ4v) is 0.458. The van der Waals surface area contributed by atoms with Gasteiger partial charge in [-0.25, -0.2) is 4.99 Å². The second-order valence-corrected chi connectivity index (χ2v) is 2.22. The van der Waals surface area contributed by atoms with Gasteiger partial charge in [-0.05, 0) is 13.0 Å². The summed E-state index contributed by atoms with van der Waals surface area (Å²) in [5.41, 5.74) is 0. The van der Waals surface area contributed by atoms with E-state index in [9.17, 15) is 4.79 Å². The van der Waals surface area contributed by atoms with Gasteiger partial charge in [0.25, 0.3) is 0 Å². The summed E-state index contributed by atoms with van der Waals surface area (Å²) in [6, 6.07) is 0. The van der Waals surface area contributed by atoms with Crippen LogP contribution in [-0.4, -0.2) is 23.2 Å². The lowest BCUT2D eigenvalue weighted by Crippen LogP contribution is -2.27. The Labute approximate surface area is 76.7 Å². The summed E-state index contributed by atoms with van der Waals surface area (Å²) in [5.74, 6) is -0.599. The highest BCUT2D eigenvalue weighted by atomic mass is 16.3. The van der Waals surface area contributed by atoms with Gasteiger partial charge in [0.1, 0.15) is 5.76 Å². The zero-order chi connectivity index (χ0) is 10.3. The number of hydrogen-bond donors (Lipinski definition) is 3. The van der Waals surface area contributed by atoms with Gasteiger partial charge >= 0.3 is 0 Å². The first kappa shape index (κ1) is 11.4. The molecule has 0 fully saturated rings. The minimum atomic E-state index is -0.278. The molecule has 0 aromatic heterocycles. The van der Waals surface area contributed by atoms with Crippen molar-refractivity contribution in [2.45, 2.75) is 20.3 Å². The molecule has 0 saturated carbocycles. The quantitative estimate of drug-likeness (QED) is 0.338. The van der Waals surface area contributed by atoms with Crippen LogP contribution in [0.1, 0.15) is 20.3 Å². The SMILES string of the molecule is C/C=C(O)\C=N/C(=N)NC(=O)CC. The summed E-state index contributed by atoms with van der Waals surface area (Å²) >= 11 is 0. The Balaban J connectivity index is 4.02. The van der Waals surface area contributed by atoms with Crippen LogP contribution in [0, 0.1) is 5.41 Å². The number of aliphatic imine (C=N–C) groups is 1. The van der Waals surface area contributed by atoms with Crippen molar-refractivity contribution in [1.29, 1.82) is 5.41 Å². The highest BCUT2D eigenvalue weighted by Crippen LogP contribution is 1.82. The number of allylic oxidation sites excluding steroid dienone is 2. The van der Waals surface area contributed by atoms with Crippen LogP contribution in [0.15, 0.2) is 16.8 Å². The normalized spacial score (nSPS) is 11.7. The van der Waals surface area contributed by atoms with E-state index < -0.39 is 0 Å². The van der Waals surface area contributed by atoms with Gasteiger partial charge < -0.3 is 5.11 Å². The van der Waals surface area contributed by atoms with Crippen molar-refractivity contribution in [2.75, 3.05) is 0 Å². The van der Waals surface area contributed by atoms with Gasteiger partial charge in [-0.2, -0.15) is 0 Å². The van der Waals surface area contributed by atoms with Gasteiger partial charge in [0.05, 0.1) is 6.21 Å². The van der Waals surface area contributed by atoms with Gasteiger partial charge in [-0.1, -0.05) is 6.92 Å². The molecule has 0 bridgehead atoms. The topological polar surface area (TPSA) is 85.5 Å².